The lowest BCUT2D eigenvalue weighted by atomic mass is 10.0. The highest BCUT2D eigenvalue weighted by atomic mass is 79.9. The van der Waals surface area contributed by atoms with Crippen molar-refractivity contribution in [2.45, 2.75) is 6.04 Å². The summed E-state index contributed by atoms with van der Waals surface area (Å²) < 4.78 is 6.20. The smallest absolute Gasteiger partial charge is 0.256 e. The van der Waals surface area contributed by atoms with Gasteiger partial charge in [0.25, 0.3) is 5.91 Å². The van der Waals surface area contributed by atoms with Gasteiger partial charge in [0.05, 0.1) is 18.8 Å². The lowest BCUT2D eigenvalue weighted by molar-refractivity contribution is -0.131. The van der Waals surface area contributed by atoms with Crippen LogP contribution in [0.25, 0.3) is 5.70 Å². The van der Waals surface area contributed by atoms with E-state index < -0.39 is 0 Å². The molecule has 0 aromatic heterocycles. The van der Waals surface area contributed by atoms with E-state index in [1.165, 1.54) is 0 Å². The molecule has 6 heteroatoms. The monoisotopic (exact) mass is 406 g/mol. The molecule has 1 amide bonds. The van der Waals surface area contributed by atoms with Crippen molar-refractivity contribution in [3.05, 3.63) is 70.2 Å². The standard InChI is InChI=1S/C18H16BrClN2O2/c1-24-15-8-4-13(5-9-15)17-10-16(21-22(17)18(23)11-20)12-2-6-14(19)7-3-12/h2-10,17,21H,11H2,1H3/t17-/m1/s1. The van der Waals surface area contributed by atoms with Gasteiger partial charge >= 0.3 is 0 Å². The number of amides is 1. The number of hydrogen-bond donors (Lipinski definition) is 1. The average molecular weight is 408 g/mol. The van der Waals surface area contributed by atoms with Crippen molar-refractivity contribution in [2.24, 2.45) is 0 Å². The van der Waals surface area contributed by atoms with Gasteiger partial charge in [-0.05, 0) is 41.5 Å². The molecule has 2 aromatic carbocycles. The number of rotatable bonds is 4. The van der Waals surface area contributed by atoms with Gasteiger partial charge in [-0.15, -0.1) is 11.6 Å². The Kier molecular flexibility index (Phi) is 5.11. The van der Waals surface area contributed by atoms with Crippen LogP contribution in [0.4, 0.5) is 0 Å². The molecule has 1 aliphatic heterocycles. The van der Waals surface area contributed by atoms with Crippen LogP contribution in [0.5, 0.6) is 5.75 Å². The van der Waals surface area contributed by atoms with Crippen molar-refractivity contribution in [1.29, 1.82) is 0 Å². The van der Waals surface area contributed by atoms with E-state index >= 15 is 0 Å². The third-order valence-corrected chi connectivity index (χ3v) is 4.60. The second kappa shape index (κ2) is 7.28. The molecular weight excluding hydrogens is 392 g/mol. The third-order valence-electron chi connectivity index (χ3n) is 3.84. The number of carbonyl (C=O) groups excluding carboxylic acids is 1. The first-order valence-corrected chi connectivity index (χ1v) is 8.71. The number of nitrogens with zero attached hydrogens (tertiary/aromatic N) is 1. The number of carbonyl (C=O) groups is 1. The zero-order valence-electron chi connectivity index (χ0n) is 13.0. The number of benzene rings is 2. The summed E-state index contributed by atoms with van der Waals surface area (Å²) in [6.45, 7) is 0. The number of hydrazine groups is 1. The van der Waals surface area contributed by atoms with Crippen LogP contribution in [0.3, 0.4) is 0 Å². The Bertz CT molecular complexity index is 760. The van der Waals surface area contributed by atoms with Crippen molar-refractivity contribution in [2.75, 3.05) is 13.0 Å². The summed E-state index contributed by atoms with van der Waals surface area (Å²) in [7, 11) is 1.63. The van der Waals surface area contributed by atoms with Crippen molar-refractivity contribution >= 4 is 39.1 Å². The molecule has 1 N–H and O–H groups in total. The average Bonchev–Trinajstić information content (AvgIpc) is 3.07. The summed E-state index contributed by atoms with van der Waals surface area (Å²) >= 11 is 9.20. The topological polar surface area (TPSA) is 41.6 Å². The van der Waals surface area contributed by atoms with Gasteiger partial charge in [-0.3, -0.25) is 10.2 Å². The zero-order valence-corrected chi connectivity index (χ0v) is 15.3. The van der Waals surface area contributed by atoms with Gasteiger partial charge in [0.2, 0.25) is 0 Å². The molecule has 3 rings (SSSR count). The van der Waals surface area contributed by atoms with Crippen molar-refractivity contribution in [1.82, 2.24) is 10.4 Å². The van der Waals surface area contributed by atoms with Crippen molar-refractivity contribution in [3.63, 3.8) is 0 Å². The second-order valence-electron chi connectivity index (χ2n) is 5.31. The Hall–Kier alpha value is -1.98. The van der Waals surface area contributed by atoms with Crippen molar-refractivity contribution < 1.29 is 9.53 Å². The first kappa shape index (κ1) is 16.9. The summed E-state index contributed by atoms with van der Waals surface area (Å²) in [5.41, 5.74) is 6.03. The number of nitrogens with one attached hydrogen (secondary N) is 1. The molecule has 0 radical (unpaired) electrons. The highest BCUT2D eigenvalue weighted by molar-refractivity contribution is 9.10. The van der Waals surface area contributed by atoms with Crippen LogP contribution in [0.2, 0.25) is 0 Å². The van der Waals surface area contributed by atoms with Gasteiger partial charge < -0.3 is 4.74 Å². The van der Waals surface area contributed by atoms with Crippen molar-refractivity contribution in [3.8, 4) is 5.75 Å². The maximum atomic E-state index is 12.2. The SMILES string of the molecule is COc1ccc([C@H]2C=C(c3ccc(Br)cc3)NN2C(=O)CCl)cc1. The number of methoxy groups -OCH3 is 1. The molecule has 1 heterocycles. The van der Waals surface area contributed by atoms with Gasteiger partial charge in [-0.1, -0.05) is 40.2 Å². The Morgan fingerprint density at radius 3 is 2.46 bits per heavy atom. The molecule has 0 saturated carbocycles. The Balaban J connectivity index is 1.95. The number of alkyl halides is 1. The van der Waals surface area contributed by atoms with E-state index in [0.717, 1.165) is 27.0 Å². The molecule has 0 fully saturated rings. The molecule has 1 atom stereocenters. The Labute approximate surface area is 154 Å². The molecule has 124 valence electrons. The van der Waals surface area contributed by atoms with Gasteiger partial charge in [0.1, 0.15) is 11.6 Å². The molecule has 4 nitrogen and oxygen atoms in total. The van der Waals surface area contributed by atoms with Crippen LogP contribution >= 0.6 is 27.5 Å². The Morgan fingerprint density at radius 2 is 1.88 bits per heavy atom. The molecule has 0 aliphatic carbocycles. The van der Waals surface area contributed by atoms with E-state index in [9.17, 15) is 4.79 Å². The van der Waals surface area contributed by atoms with Crippen LogP contribution < -0.4 is 10.2 Å². The fraction of sp³-hybridized carbons (Fsp3) is 0.167. The van der Waals surface area contributed by atoms with E-state index in [2.05, 4.69) is 21.4 Å². The molecule has 2 aromatic rings. The fourth-order valence-electron chi connectivity index (χ4n) is 2.59. The molecule has 0 saturated heterocycles. The van der Waals surface area contributed by atoms with E-state index in [-0.39, 0.29) is 17.8 Å². The van der Waals surface area contributed by atoms with Crippen LogP contribution in [0.1, 0.15) is 17.2 Å². The van der Waals surface area contributed by atoms with Crippen LogP contribution in [0.15, 0.2) is 59.1 Å². The summed E-state index contributed by atoms with van der Waals surface area (Å²) in [6, 6.07) is 15.3. The first-order valence-electron chi connectivity index (χ1n) is 7.39. The predicted octanol–water partition coefficient (Wildman–Crippen LogP) is 4.13. The molecule has 0 spiro atoms. The lowest BCUT2D eigenvalue weighted by Gasteiger charge is -2.24. The summed E-state index contributed by atoms with van der Waals surface area (Å²) in [5, 5.41) is 1.56. The fourth-order valence-corrected chi connectivity index (χ4v) is 2.98. The maximum absolute atomic E-state index is 12.2. The highest BCUT2D eigenvalue weighted by Gasteiger charge is 2.30. The van der Waals surface area contributed by atoms with Gasteiger partial charge in [-0.2, -0.15) is 0 Å². The van der Waals surface area contributed by atoms with Gasteiger partial charge in [0, 0.05) is 4.47 Å². The second-order valence-corrected chi connectivity index (χ2v) is 6.50. The lowest BCUT2D eigenvalue weighted by Crippen LogP contribution is -2.40. The highest BCUT2D eigenvalue weighted by Crippen LogP contribution is 2.32. The Morgan fingerprint density at radius 1 is 1.21 bits per heavy atom. The summed E-state index contributed by atoms with van der Waals surface area (Å²) in [6.07, 6.45) is 2.02. The van der Waals surface area contributed by atoms with Crippen LogP contribution in [0, 0.1) is 0 Å². The number of hydrogen-bond acceptors (Lipinski definition) is 3. The number of halogens is 2. The molecule has 0 unspecified atom stereocenters. The molecule has 0 bridgehead atoms. The van der Waals surface area contributed by atoms with E-state index in [4.69, 9.17) is 16.3 Å². The minimum atomic E-state index is -0.221. The quantitative estimate of drug-likeness (QED) is 0.775. The van der Waals surface area contributed by atoms with Crippen LogP contribution in [-0.2, 0) is 4.79 Å². The molecule has 1 aliphatic rings. The molecule has 24 heavy (non-hydrogen) atoms. The minimum absolute atomic E-state index is 0.0822. The van der Waals surface area contributed by atoms with Crippen LogP contribution in [-0.4, -0.2) is 23.9 Å². The third kappa shape index (κ3) is 3.42. The number of ether oxygens (including phenoxy) is 1. The van der Waals surface area contributed by atoms with Gasteiger partial charge in [-0.25, -0.2) is 5.01 Å². The van der Waals surface area contributed by atoms with E-state index in [1.54, 1.807) is 12.1 Å². The maximum Gasteiger partial charge on any atom is 0.256 e. The molecular formula is C18H16BrClN2O2. The largest absolute Gasteiger partial charge is 0.497 e. The van der Waals surface area contributed by atoms with E-state index in [0.29, 0.717) is 0 Å². The predicted molar refractivity (Wildman–Crippen MR) is 98.6 cm³/mol. The summed E-state index contributed by atoms with van der Waals surface area (Å²) in [4.78, 5) is 12.2. The first-order chi connectivity index (χ1) is 11.6. The van der Waals surface area contributed by atoms with Gasteiger partial charge in [0.15, 0.2) is 0 Å². The van der Waals surface area contributed by atoms with E-state index in [1.807, 2.05) is 54.6 Å². The normalized spacial score (nSPS) is 16.5. The minimum Gasteiger partial charge on any atom is -0.497 e. The summed E-state index contributed by atoms with van der Waals surface area (Å²) in [5.74, 6) is 0.513. The zero-order chi connectivity index (χ0) is 17.1.